The second kappa shape index (κ2) is 5.13. The molecule has 0 fully saturated rings. The van der Waals surface area contributed by atoms with Crippen LogP contribution in [0, 0.1) is 6.92 Å². The lowest BCUT2D eigenvalue weighted by Gasteiger charge is -2.08. The number of nitrogens with one attached hydrogen (secondary N) is 1. The Morgan fingerprint density at radius 3 is 2.80 bits per heavy atom. The Morgan fingerprint density at radius 1 is 1.30 bits per heavy atom. The highest BCUT2D eigenvalue weighted by molar-refractivity contribution is 9.10. The van der Waals surface area contributed by atoms with Crippen LogP contribution in [0.5, 0.6) is 11.5 Å². The third kappa shape index (κ3) is 2.46. The molecule has 5 nitrogen and oxygen atoms in total. The fourth-order valence-corrected chi connectivity index (χ4v) is 2.28. The van der Waals surface area contributed by atoms with Gasteiger partial charge in [-0.1, -0.05) is 15.9 Å². The van der Waals surface area contributed by atoms with Crippen LogP contribution < -0.4 is 14.8 Å². The molecule has 0 saturated carbocycles. The molecule has 1 aliphatic rings. The van der Waals surface area contributed by atoms with Gasteiger partial charge < -0.3 is 14.8 Å². The Hall–Kier alpha value is -2.08. The zero-order valence-corrected chi connectivity index (χ0v) is 12.2. The molecular weight excluding hydrogens is 324 g/mol. The SMILES string of the molecule is Cc1cc2c(cc1C(=O)Nc1cc(Br)ccn1)OCO2. The number of hydrogen-bond acceptors (Lipinski definition) is 4. The number of amides is 1. The topological polar surface area (TPSA) is 60.5 Å². The zero-order chi connectivity index (χ0) is 14.1. The molecule has 0 aliphatic carbocycles. The van der Waals surface area contributed by atoms with Crippen LogP contribution in [0.15, 0.2) is 34.9 Å². The van der Waals surface area contributed by atoms with E-state index in [4.69, 9.17) is 9.47 Å². The van der Waals surface area contributed by atoms with Gasteiger partial charge in [-0.2, -0.15) is 0 Å². The Balaban J connectivity index is 1.87. The third-order valence-electron chi connectivity index (χ3n) is 2.93. The summed E-state index contributed by atoms with van der Waals surface area (Å²) in [6.07, 6.45) is 1.62. The van der Waals surface area contributed by atoms with Crippen molar-refractivity contribution in [2.75, 3.05) is 12.1 Å². The first-order chi connectivity index (χ1) is 9.63. The molecular formula is C14H11BrN2O3. The number of anilines is 1. The molecule has 0 atom stereocenters. The number of ether oxygens (including phenoxy) is 2. The van der Waals surface area contributed by atoms with E-state index < -0.39 is 0 Å². The summed E-state index contributed by atoms with van der Waals surface area (Å²) in [4.78, 5) is 16.4. The first kappa shape index (κ1) is 12.9. The van der Waals surface area contributed by atoms with Gasteiger partial charge in [-0.25, -0.2) is 4.98 Å². The number of nitrogens with zero attached hydrogens (tertiary/aromatic N) is 1. The van der Waals surface area contributed by atoms with Gasteiger partial charge in [0.25, 0.3) is 5.91 Å². The summed E-state index contributed by atoms with van der Waals surface area (Å²) in [6, 6.07) is 7.01. The first-order valence-corrected chi connectivity index (χ1v) is 6.76. The standard InChI is InChI=1S/C14H11BrN2O3/c1-8-4-11-12(20-7-19-11)6-10(8)14(18)17-13-5-9(15)2-3-16-13/h2-6H,7H2,1H3,(H,16,17,18). The third-order valence-corrected chi connectivity index (χ3v) is 3.42. The smallest absolute Gasteiger partial charge is 0.257 e. The van der Waals surface area contributed by atoms with Gasteiger partial charge in [-0.15, -0.1) is 0 Å². The number of carbonyl (C=O) groups excluding carboxylic acids is 1. The number of benzene rings is 1. The summed E-state index contributed by atoms with van der Waals surface area (Å²) in [5, 5.41) is 2.75. The van der Waals surface area contributed by atoms with E-state index in [9.17, 15) is 4.79 Å². The van der Waals surface area contributed by atoms with Gasteiger partial charge in [0.1, 0.15) is 5.82 Å². The fourth-order valence-electron chi connectivity index (χ4n) is 1.95. The van der Waals surface area contributed by atoms with Crippen molar-refractivity contribution < 1.29 is 14.3 Å². The van der Waals surface area contributed by atoms with Gasteiger partial charge in [0.2, 0.25) is 6.79 Å². The average molecular weight is 335 g/mol. The summed E-state index contributed by atoms with van der Waals surface area (Å²) in [7, 11) is 0. The normalized spacial score (nSPS) is 12.3. The van der Waals surface area contributed by atoms with E-state index in [2.05, 4.69) is 26.2 Å². The minimum absolute atomic E-state index is 0.188. The van der Waals surface area contributed by atoms with Crippen molar-refractivity contribution >= 4 is 27.7 Å². The van der Waals surface area contributed by atoms with Gasteiger partial charge in [-0.3, -0.25) is 4.79 Å². The van der Waals surface area contributed by atoms with E-state index >= 15 is 0 Å². The molecule has 3 rings (SSSR count). The molecule has 102 valence electrons. The van der Waals surface area contributed by atoms with E-state index in [-0.39, 0.29) is 12.7 Å². The van der Waals surface area contributed by atoms with E-state index in [1.807, 2.05) is 6.92 Å². The summed E-state index contributed by atoms with van der Waals surface area (Å²) in [6.45, 7) is 2.04. The second-order valence-electron chi connectivity index (χ2n) is 4.33. The summed E-state index contributed by atoms with van der Waals surface area (Å²) in [5.74, 6) is 1.51. The lowest BCUT2D eigenvalue weighted by atomic mass is 10.1. The number of halogens is 1. The Bertz CT molecular complexity index is 688. The second-order valence-corrected chi connectivity index (χ2v) is 5.25. The molecule has 1 amide bonds. The minimum Gasteiger partial charge on any atom is -0.454 e. The number of hydrogen-bond donors (Lipinski definition) is 1. The van der Waals surface area contributed by atoms with Gasteiger partial charge >= 0.3 is 0 Å². The molecule has 1 aromatic heterocycles. The number of carbonyl (C=O) groups is 1. The highest BCUT2D eigenvalue weighted by Crippen LogP contribution is 2.34. The van der Waals surface area contributed by atoms with E-state index in [0.29, 0.717) is 22.9 Å². The first-order valence-electron chi connectivity index (χ1n) is 5.96. The maximum absolute atomic E-state index is 12.3. The monoisotopic (exact) mass is 334 g/mol. The van der Waals surface area contributed by atoms with E-state index in [0.717, 1.165) is 10.0 Å². The van der Waals surface area contributed by atoms with E-state index in [1.165, 1.54) is 0 Å². The number of aryl methyl sites for hydroxylation is 1. The van der Waals surface area contributed by atoms with Crippen LogP contribution >= 0.6 is 15.9 Å². The highest BCUT2D eigenvalue weighted by Gasteiger charge is 2.19. The van der Waals surface area contributed by atoms with Crippen LogP contribution in [0.2, 0.25) is 0 Å². The summed E-state index contributed by atoms with van der Waals surface area (Å²) < 4.78 is 11.4. The maximum atomic E-state index is 12.3. The molecule has 0 saturated heterocycles. The zero-order valence-electron chi connectivity index (χ0n) is 10.6. The molecule has 1 N–H and O–H groups in total. The molecule has 1 aromatic carbocycles. The molecule has 20 heavy (non-hydrogen) atoms. The molecule has 0 bridgehead atoms. The molecule has 2 aromatic rings. The quantitative estimate of drug-likeness (QED) is 0.916. The van der Waals surface area contributed by atoms with Crippen molar-refractivity contribution in [3.05, 3.63) is 46.1 Å². The molecule has 0 radical (unpaired) electrons. The molecule has 2 heterocycles. The molecule has 0 unspecified atom stereocenters. The Labute approximate surface area is 124 Å². The van der Waals surface area contributed by atoms with Gasteiger partial charge in [0.05, 0.1) is 0 Å². The predicted molar refractivity (Wildman–Crippen MR) is 77.2 cm³/mol. The molecule has 0 spiro atoms. The number of fused-ring (bicyclic) bond motifs is 1. The van der Waals surface area contributed by atoms with Crippen LogP contribution in [0.1, 0.15) is 15.9 Å². The van der Waals surface area contributed by atoms with Crippen LogP contribution in [0.4, 0.5) is 5.82 Å². The lowest BCUT2D eigenvalue weighted by Crippen LogP contribution is -2.14. The molecule has 6 heteroatoms. The maximum Gasteiger partial charge on any atom is 0.257 e. The highest BCUT2D eigenvalue weighted by atomic mass is 79.9. The lowest BCUT2D eigenvalue weighted by molar-refractivity contribution is 0.102. The van der Waals surface area contributed by atoms with Crippen molar-refractivity contribution in [3.63, 3.8) is 0 Å². The van der Waals surface area contributed by atoms with Gasteiger partial charge in [-0.05, 0) is 36.8 Å². The van der Waals surface area contributed by atoms with Crippen molar-refractivity contribution in [2.24, 2.45) is 0 Å². The van der Waals surface area contributed by atoms with Crippen LogP contribution in [0.25, 0.3) is 0 Å². The van der Waals surface area contributed by atoms with Gasteiger partial charge in [0.15, 0.2) is 11.5 Å². The van der Waals surface area contributed by atoms with Gasteiger partial charge in [0, 0.05) is 16.2 Å². The fraction of sp³-hybridized carbons (Fsp3) is 0.143. The largest absolute Gasteiger partial charge is 0.454 e. The average Bonchev–Trinajstić information content (AvgIpc) is 2.84. The summed E-state index contributed by atoms with van der Waals surface area (Å²) in [5.41, 5.74) is 1.36. The van der Waals surface area contributed by atoms with E-state index in [1.54, 1.807) is 30.5 Å². The van der Waals surface area contributed by atoms with Crippen molar-refractivity contribution in [1.29, 1.82) is 0 Å². The number of rotatable bonds is 2. The minimum atomic E-state index is -0.230. The van der Waals surface area contributed by atoms with Crippen LogP contribution in [-0.2, 0) is 0 Å². The molecule has 1 aliphatic heterocycles. The summed E-state index contributed by atoms with van der Waals surface area (Å²) >= 11 is 3.34. The van der Waals surface area contributed by atoms with Crippen molar-refractivity contribution in [1.82, 2.24) is 4.98 Å². The Kier molecular flexibility index (Phi) is 3.31. The Morgan fingerprint density at radius 2 is 2.05 bits per heavy atom. The van der Waals surface area contributed by atoms with Crippen LogP contribution in [0.3, 0.4) is 0 Å². The number of aromatic nitrogens is 1. The van der Waals surface area contributed by atoms with Crippen molar-refractivity contribution in [2.45, 2.75) is 6.92 Å². The van der Waals surface area contributed by atoms with Crippen molar-refractivity contribution in [3.8, 4) is 11.5 Å². The van der Waals surface area contributed by atoms with Crippen LogP contribution in [-0.4, -0.2) is 17.7 Å². The number of pyridine rings is 1. The predicted octanol–water partition coefficient (Wildman–Crippen LogP) is 3.13.